The largest absolute Gasteiger partial charge is 0.0864 e. The van der Waals surface area contributed by atoms with E-state index in [4.69, 9.17) is 0 Å². The minimum absolute atomic E-state index is 0.937. The van der Waals surface area contributed by atoms with E-state index in [1.165, 1.54) is 43.0 Å². The Bertz CT molecular complexity index is 74.0. The molecule has 0 aliphatic heterocycles. The first-order valence-corrected chi connectivity index (χ1v) is 7.28. The summed E-state index contributed by atoms with van der Waals surface area (Å²) < 4.78 is 2.27. The SMILES string of the molecule is CCCC(I)CCCCCI. The van der Waals surface area contributed by atoms with E-state index in [0.717, 1.165) is 3.92 Å². The van der Waals surface area contributed by atoms with Crippen LogP contribution in [0.2, 0.25) is 0 Å². The molecule has 0 aliphatic carbocycles. The average Bonchev–Trinajstić information content (AvgIpc) is 1.99. The summed E-state index contributed by atoms with van der Waals surface area (Å²) in [4.78, 5) is 0. The molecule has 0 aromatic rings. The van der Waals surface area contributed by atoms with Crippen LogP contribution >= 0.6 is 45.2 Å². The van der Waals surface area contributed by atoms with Crippen molar-refractivity contribution >= 4 is 45.2 Å². The molecule has 2 heteroatoms. The molecule has 0 amide bonds. The molecule has 0 fully saturated rings. The Morgan fingerprint density at radius 3 is 2.36 bits per heavy atom. The standard InChI is InChI=1S/C9H18I2/c1-2-6-9(11)7-4-3-5-8-10/h9H,2-8H2,1H3. The molecule has 68 valence electrons. The lowest BCUT2D eigenvalue weighted by atomic mass is 10.1. The molecule has 11 heavy (non-hydrogen) atoms. The zero-order valence-corrected chi connectivity index (χ0v) is 11.6. The van der Waals surface area contributed by atoms with E-state index >= 15 is 0 Å². The summed E-state index contributed by atoms with van der Waals surface area (Å²) in [6, 6.07) is 0. The normalized spacial score (nSPS) is 13.4. The third-order valence-corrected chi connectivity index (χ3v) is 3.76. The van der Waals surface area contributed by atoms with Gasteiger partial charge in [0, 0.05) is 3.92 Å². The van der Waals surface area contributed by atoms with Crippen molar-refractivity contribution in [1.82, 2.24) is 0 Å². The minimum atomic E-state index is 0.937. The maximum absolute atomic E-state index is 2.59. The Labute approximate surface area is 98.2 Å². The average molecular weight is 380 g/mol. The van der Waals surface area contributed by atoms with E-state index in [2.05, 4.69) is 52.1 Å². The zero-order chi connectivity index (χ0) is 8.53. The highest BCUT2D eigenvalue weighted by Crippen LogP contribution is 2.16. The minimum Gasteiger partial charge on any atom is -0.0864 e. The second-order valence-corrected chi connectivity index (χ2v) is 5.76. The zero-order valence-electron chi connectivity index (χ0n) is 7.28. The van der Waals surface area contributed by atoms with Gasteiger partial charge in [0.15, 0.2) is 0 Å². The molecular weight excluding hydrogens is 362 g/mol. The number of hydrogen-bond donors (Lipinski definition) is 0. The summed E-state index contributed by atoms with van der Waals surface area (Å²) in [6.45, 7) is 2.27. The molecule has 0 saturated carbocycles. The predicted molar refractivity (Wildman–Crippen MR) is 70.1 cm³/mol. The van der Waals surface area contributed by atoms with Gasteiger partial charge in [0.25, 0.3) is 0 Å². The maximum Gasteiger partial charge on any atom is 0.0109 e. The lowest BCUT2D eigenvalue weighted by Crippen LogP contribution is -1.96. The summed E-state index contributed by atoms with van der Waals surface area (Å²) >= 11 is 5.05. The third-order valence-electron chi connectivity index (χ3n) is 1.75. The van der Waals surface area contributed by atoms with Crippen LogP contribution < -0.4 is 0 Å². The van der Waals surface area contributed by atoms with Gasteiger partial charge in [-0.15, -0.1) is 0 Å². The van der Waals surface area contributed by atoms with Gasteiger partial charge in [-0.05, 0) is 23.7 Å². The van der Waals surface area contributed by atoms with Crippen molar-refractivity contribution < 1.29 is 0 Å². The van der Waals surface area contributed by atoms with Crippen LogP contribution in [-0.4, -0.2) is 8.35 Å². The van der Waals surface area contributed by atoms with Gasteiger partial charge in [-0.25, -0.2) is 0 Å². The molecule has 0 saturated heterocycles. The monoisotopic (exact) mass is 380 g/mol. The second-order valence-electron chi connectivity index (χ2n) is 2.92. The molecule has 0 aliphatic rings. The fourth-order valence-electron chi connectivity index (χ4n) is 1.09. The fourth-order valence-corrected chi connectivity index (χ4v) is 2.70. The van der Waals surface area contributed by atoms with Gasteiger partial charge < -0.3 is 0 Å². The van der Waals surface area contributed by atoms with Gasteiger partial charge in [-0.3, -0.25) is 0 Å². The number of halogens is 2. The number of rotatable bonds is 7. The molecule has 0 bridgehead atoms. The first kappa shape index (κ1) is 12.5. The summed E-state index contributed by atoms with van der Waals surface area (Å²) in [5, 5.41) is 0. The highest BCUT2D eigenvalue weighted by molar-refractivity contribution is 14.1. The number of hydrogen-bond acceptors (Lipinski definition) is 0. The highest BCUT2D eigenvalue weighted by Gasteiger charge is 2.00. The van der Waals surface area contributed by atoms with E-state index < -0.39 is 0 Å². The summed E-state index contributed by atoms with van der Waals surface area (Å²) in [7, 11) is 0. The molecule has 1 unspecified atom stereocenters. The Morgan fingerprint density at radius 2 is 1.82 bits per heavy atom. The molecule has 0 heterocycles. The van der Waals surface area contributed by atoms with Crippen molar-refractivity contribution in [2.24, 2.45) is 0 Å². The van der Waals surface area contributed by atoms with Crippen LogP contribution in [0.1, 0.15) is 45.4 Å². The van der Waals surface area contributed by atoms with Gasteiger partial charge in [0.1, 0.15) is 0 Å². The topological polar surface area (TPSA) is 0 Å². The third kappa shape index (κ3) is 9.37. The van der Waals surface area contributed by atoms with Gasteiger partial charge in [0.2, 0.25) is 0 Å². The molecule has 0 radical (unpaired) electrons. The van der Waals surface area contributed by atoms with Gasteiger partial charge in [-0.2, -0.15) is 0 Å². The lowest BCUT2D eigenvalue weighted by molar-refractivity contribution is 0.631. The van der Waals surface area contributed by atoms with Crippen LogP contribution in [0.15, 0.2) is 0 Å². The van der Waals surface area contributed by atoms with Crippen LogP contribution in [0.3, 0.4) is 0 Å². The number of unbranched alkanes of at least 4 members (excludes halogenated alkanes) is 2. The van der Waals surface area contributed by atoms with Gasteiger partial charge >= 0.3 is 0 Å². The first-order valence-electron chi connectivity index (χ1n) is 4.51. The molecule has 0 aromatic heterocycles. The fraction of sp³-hybridized carbons (Fsp3) is 1.00. The van der Waals surface area contributed by atoms with Crippen molar-refractivity contribution in [3.05, 3.63) is 0 Å². The van der Waals surface area contributed by atoms with Crippen LogP contribution in [0.5, 0.6) is 0 Å². The van der Waals surface area contributed by atoms with E-state index in [1.807, 2.05) is 0 Å². The van der Waals surface area contributed by atoms with Crippen LogP contribution in [-0.2, 0) is 0 Å². The molecule has 1 atom stereocenters. The smallest absolute Gasteiger partial charge is 0.0109 e. The van der Waals surface area contributed by atoms with Crippen LogP contribution in [0.4, 0.5) is 0 Å². The number of alkyl halides is 2. The quantitative estimate of drug-likeness (QED) is 0.345. The van der Waals surface area contributed by atoms with E-state index in [1.54, 1.807) is 0 Å². The van der Waals surface area contributed by atoms with Crippen molar-refractivity contribution in [2.75, 3.05) is 4.43 Å². The first-order chi connectivity index (χ1) is 5.31. The van der Waals surface area contributed by atoms with Crippen molar-refractivity contribution in [1.29, 1.82) is 0 Å². The van der Waals surface area contributed by atoms with Crippen molar-refractivity contribution in [3.63, 3.8) is 0 Å². The Morgan fingerprint density at radius 1 is 1.09 bits per heavy atom. The van der Waals surface area contributed by atoms with Crippen LogP contribution in [0.25, 0.3) is 0 Å². The lowest BCUT2D eigenvalue weighted by Gasteiger charge is -2.06. The summed E-state index contributed by atoms with van der Waals surface area (Å²) in [6.07, 6.45) is 8.48. The van der Waals surface area contributed by atoms with Gasteiger partial charge in [-0.1, -0.05) is 71.4 Å². The molecule has 0 N–H and O–H groups in total. The Kier molecular flexibility index (Phi) is 10.8. The Hall–Kier alpha value is 1.46. The Balaban J connectivity index is 2.97. The van der Waals surface area contributed by atoms with E-state index in [9.17, 15) is 0 Å². The molecule has 0 rings (SSSR count). The van der Waals surface area contributed by atoms with E-state index in [-0.39, 0.29) is 0 Å². The highest BCUT2D eigenvalue weighted by atomic mass is 127. The van der Waals surface area contributed by atoms with E-state index in [0.29, 0.717) is 0 Å². The summed E-state index contributed by atoms with van der Waals surface area (Å²) in [5.74, 6) is 0. The predicted octanol–water partition coefficient (Wildman–Crippen LogP) is 4.59. The maximum atomic E-state index is 2.59. The molecular formula is C9H18I2. The molecule has 0 nitrogen and oxygen atoms in total. The molecule has 0 spiro atoms. The van der Waals surface area contributed by atoms with Gasteiger partial charge in [0.05, 0.1) is 0 Å². The van der Waals surface area contributed by atoms with Crippen molar-refractivity contribution in [2.45, 2.75) is 49.4 Å². The second kappa shape index (κ2) is 9.55. The van der Waals surface area contributed by atoms with Crippen molar-refractivity contribution in [3.8, 4) is 0 Å². The van der Waals surface area contributed by atoms with Crippen LogP contribution in [0, 0.1) is 0 Å². The summed E-state index contributed by atoms with van der Waals surface area (Å²) in [5.41, 5.74) is 0. The molecule has 0 aromatic carbocycles.